The van der Waals surface area contributed by atoms with Crippen LogP contribution in [0.25, 0.3) is 6.08 Å². The fourth-order valence-corrected chi connectivity index (χ4v) is 2.48. The van der Waals surface area contributed by atoms with E-state index < -0.39 is 18.5 Å². The van der Waals surface area contributed by atoms with Gasteiger partial charge in [0.2, 0.25) is 5.90 Å². The second-order valence-corrected chi connectivity index (χ2v) is 5.64. The standard InChI is InChI=1S/C20H17NO7/c1-25-14-7-13(8-15(10-14)26-2)19-21-16(20(24)28-19)9-12-5-3-4-6-17(12)27-11-18(22)23/h3-10H,11H2,1-2H3,(H,22,23)/p-1/b16-9-. The van der Waals surface area contributed by atoms with Gasteiger partial charge < -0.3 is 28.8 Å². The third-order valence-electron chi connectivity index (χ3n) is 3.78. The number of rotatable bonds is 7. The first kappa shape index (κ1) is 19.0. The lowest BCUT2D eigenvalue weighted by atomic mass is 10.1. The predicted molar refractivity (Wildman–Crippen MR) is 97.1 cm³/mol. The summed E-state index contributed by atoms with van der Waals surface area (Å²) in [5.41, 5.74) is 1.03. The van der Waals surface area contributed by atoms with Crippen molar-refractivity contribution < 1.29 is 33.6 Å². The van der Waals surface area contributed by atoms with Crippen molar-refractivity contribution in [3.8, 4) is 17.2 Å². The molecular formula is C20H16NO7-. The summed E-state index contributed by atoms with van der Waals surface area (Å²) in [4.78, 5) is 27.1. The maximum atomic E-state index is 12.2. The van der Waals surface area contributed by atoms with Gasteiger partial charge in [0.25, 0.3) is 0 Å². The number of esters is 1. The molecule has 2 aromatic carbocycles. The number of benzene rings is 2. The Hall–Kier alpha value is -3.81. The number of para-hydroxylation sites is 1. The number of carbonyl (C=O) groups excluding carboxylic acids is 2. The summed E-state index contributed by atoms with van der Waals surface area (Å²) >= 11 is 0. The van der Waals surface area contributed by atoms with Crippen LogP contribution in [0, 0.1) is 0 Å². The van der Waals surface area contributed by atoms with E-state index in [-0.39, 0.29) is 17.3 Å². The first-order chi connectivity index (χ1) is 13.5. The van der Waals surface area contributed by atoms with Crippen LogP contribution in [0.4, 0.5) is 0 Å². The Balaban J connectivity index is 1.94. The number of carbonyl (C=O) groups is 2. The van der Waals surface area contributed by atoms with Crippen LogP contribution >= 0.6 is 0 Å². The van der Waals surface area contributed by atoms with E-state index in [2.05, 4.69) is 4.99 Å². The lowest BCUT2D eigenvalue weighted by molar-refractivity contribution is -0.307. The average molecular weight is 382 g/mol. The van der Waals surface area contributed by atoms with Crippen molar-refractivity contribution in [2.45, 2.75) is 0 Å². The Morgan fingerprint density at radius 3 is 2.46 bits per heavy atom. The number of methoxy groups -OCH3 is 2. The van der Waals surface area contributed by atoms with Gasteiger partial charge in [-0.15, -0.1) is 0 Å². The number of hydrogen-bond acceptors (Lipinski definition) is 8. The molecule has 28 heavy (non-hydrogen) atoms. The van der Waals surface area contributed by atoms with Crippen molar-refractivity contribution in [3.05, 3.63) is 59.3 Å². The number of cyclic esters (lactones) is 1. The van der Waals surface area contributed by atoms with Crippen LogP contribution in [-0.4, -0.2) is 38.7 Å². The van der Waals surface area contributed by atoms with Crippen molar-refractivity contribution in [3.63, 3.8) is 0 Å². The zero-order valence-electron chi connectivity index (χ0n) is 15.1. The van der Waals surface area contributed by atoms with Crippen LogP contribution in [-0.2, 0) is 14.3 Å². The van der Waals surface area contributed by atoms with E-state index in [0.29, 0.717) is 22.6 Å². The molecule has 8 heteroatoms. The Morgan fingerprint density at radius 2 is 1.82 bits per heavy atom. The number of carboxylic acids is 1. The van der Waals surface area contributed by atoms with Crippen LogP contribution in [0.15, 0.2) is 53.2 Å². The molecule has 1 aliphatic heterocycles. The van der Waals surface area contributed by atoms with Gasteiger partial charge in [-0.3, -0.25) is 0 Å². The van der Waals surface area contributed by atoms with Gasteiger partial charge in [0.05, 0.1) is 20.2 Å². The first-order valence-corrected chi connectivity index (χ1v) is 8.18. The van der Waals surface area contributed by atoms with Crippen molar-refractivity contribution in [1.29, 1.82) is 0 Å². The summed E-state index contributed by atoms with van der Waals surface area (Å²) < 4.78 is 20.8. The van der Waals surface area contributed by atoms with Gasteiger partial charge in [-0.1, -0.05) is 18.2 Å². The summed E-state index contributed by atoms with van der Waals surface area (Å²) in [6, 6.07) is 11.6. The van der Waals surface area contributed by atoms with E-state index in [1.165, 1.54) is 20.3 Å². The first-order valence-electron chi connectivity index (χ1n) is 8.18. The molecule has 0 aliphatic carbocycles. The molecule has 0 amide bonds. The third kappa shape index (κ3) is 4.29. The highest BCUT2D eigenvalue weighted by atomic mass is 16.6. The van der Waals surface area contributed by atoms with Gasteiger partial charge in [0.1, 0.15) is 23.9 Å². The molecule has 0 fully saturated rings. The topological polar surface area (TPSA) is 106 Å². The summed E-state index contributed by atoms with van der Waals surface area (Å²) in [5, 5.41) is 10.6. The van der Waals surface area contributed by atoms with Gasteiger partial charge in [0, 0.05) is 17.2 Å². The van der Waals surface area contributed by atoms with Crippen molar-refractivity contribution >= 4 is 23.9 Å². The lowest BCUT2D eigenvalue weighted by Crippen LogP contribution is -2.29. The minimum absolute atomic E-state index is 0.0429. The second-order valence-electron chi connectivity index (χ2n) is 5.64. The van der Waals surface area contributed by atoms with Gasteiger partial charge in [-0.05, 0) is 24.3 Å². The molecule has 0 bridgehead atoms. The van der Waals surface area contributed by atoms with Crippen molar-refractivity contribution in [2.75, 3.05) is 20.8 Å². The van der Waals surface area contributed by atoms with E-state index in [0.717, 1.165) is 0 Å². The molecular weight excluding hydrogens is 366 g/mol. The minimum Gasteiger partial charge on any atom is -0.546 e. The highest BCUT2D eigenvalue weighted by Gasteiger charge is 2.25. The number of nitrogens with zero attached hydrogens (tertiary/aromatic N) is 1. The monoisotopic (exact) mass is 382 g/mol. The van der Waals surface area contributed by atoms with Crippen LogP contribution in [0.5, 0.6) is 17.2 Å². The number of ether oxygens (including phenoxy) is 4. The number of aliphatic imine (C=N–C) groups is 1. The number of carboxylic acid groups (broad SMARTS) is 1. The third-order valence-corrected chi connectivity index (χ3v) is 3.78. The Bertz CT molecular complexity index is 956. The van der Waals surface area contributed by atoms with Crippen molar-refractivity contribution in [2.24, 2.45) is 4.99 Å². The molecule has 0 atom stereocenters. The Kier molecular flexibility index (Phi) is 5.59. The molecule has 0 unspecified atom stereocenters. The fourth-order valence-electron chi connectivity index (χ4n) is 2.48. The lowest BCUT2D eigenvalue weighted by Gasteiger charge is -2.09. The summed E-state index contributed by atoms with van der Waals surface area (Å²) in [5.74, 6) is -0.583. The van der Waals surface area contributed by atoms with Gasteiger partial charge in [-0.2, -0.15) is 0 Å². The zero-order valence-corrected chi connectivity index (χ0v) is 15.1. The maximum Gasteiger partial charge on any atom is 0.363 e. The normalized spacial score (nSPS) is 14.4. The van der Waals surface area contributed by atoms with Gasteiger partial charge >= 0.3 is 5.97 Å². The van der Waals surface area contributed by atoms with E-state index in [4.69, 9.17) is 18.9 Å². The second kappa shape index (κ2) is 8.26. The van der Waals surface area contributed by atoms with Gasteiger partial charge in [0.15, 0.2) is 5.70 Å². The molecule has 2 aromatic rings. The maximum absolute atomic E-state index is 12.2. The molecule has 1 heterocycles. The number of aliphatic carboxylic acids is 1. The molecule has 0 saturated carbocycles. The zero-order chi connectivity index (χ0) is 20.1. The van der Waals surface area contributed by atoms with E-state index in [9.17, 15) is 14.7 Å². The van der Waals surface area contributed by atoms with Gasteiger partial charge in [-0.25, -0.2) is 9.79 Å². The Labute approximate surface area is 160 Å². The quantitative estimate of drug-likeness (QED) is 0.523. The van der Waals surface area contributed by atoms with E-state index >= 15 is 0 Å². The molecule has 3 rings (SSSR count). The highest BCUT2D eigenvalue weighted by molar-refractivity contribution is 6.13. The minimum atomic E-state index is -1.35. The predicted octanol–water partition coefficient (Wildman–Crippen LogP) is 1.18. The molecule has 0 radical (unpaired) electrons. The Morgan fingerprint density at radius 1 is 1.14 bits per heavy atom. The van der Waals surface area contributed by atoms with E-state index in [1.807, 2.05) is 0 Å². The molecule has 0 saturated heterocycles. The smallest absolute Gasteiger partial charge is 0.363 e. The van der Waals surface area contributed by atoms with Crippen LogP contribution in [0.3, 0.4) is 0 Å². The molecule has 0 aromatic heterocycles. The van der Waals surface area contributed by atoms with E-state index in [1.54, 1.807) is 42.5 Å². The molecule has 8 nitrogen and oxygen atoms in total. The van der Waals surface area contributed by atoms with Crippen LogP contribution in [0.1, 0.15) is 11.1 Å². The fraction of sp³-hybridized carbons (Fsp3) is 0.150. The molecule has 144 valence electrons. The van der Waals surface area contributed by atoms with Crippen LogP contribution < -0.4 is 19.3 Å². The SMILES string of the molecule is COc1cc(OC)cc(C2=N/C(=C\c3ccccc3OCC(=O)[O-])C(=O)O2)c1. The average Bonchev–Trinajstić information content (AvgIpc) is 3.07. The largest absolute Gasteiger partial charge is 0.546 e. The number of hydrogen-bond donors (Lipinski definition) is 0. The van der Waals surface area contributed by atoms with Crippen LogP contribution in [0.2, 0.25) is 0 Å². The summed E-state index contributed by atoms with van der Waals surface area (Å²) in [6.45, 7) is -0.608. The van der Waals surface area contributed by atoms with Crippen molar-refractivity contribution in [1.82, 2.24) is 0 Å². The summed E-state index contributed by atoms with van der Waals surface area (Å²) in [6.07, 6.45) is 1.46. The summed E-state index contributed by atoms with van der Waals surface area (Å²) in [7, 11) is 3.02. The molecule has 1 aliphatic rings. The molecule has 0 N–H and O–H groups in total. The highest BCUT2D eigenvalue weighted by Crippen LogP contribution is 2.28. The molecule has 0 spiro atoms.